The molecule has 6 nitrogen and oxygen atoms in total. The summed E-state index contributed by atoms with van der Waals surface area (Å²) < 4.78 is 15.4. The fourth-order valence-corrected chi connectivity index (χ4v) is 4.95. The number of fused-ring (bicyclic) bond motifs is 1. The van der Waals surface area contributed by atoms with Crippen molar-refractivity contribution in [1.82, 2.24) is 14.9 Å². The van der Waals surface area contributed by atoms with Gasteiger partial charge in [0.25, 0.3) is 0 Å². The molecular weight excluding hydrogens is 461 g/mol. The lowest BCUT2D eigenvalue weighted by molar-refractivity contribution is -0.116. The molecule has 0 aliphatic carbocycles. The summed E-state index contributed by atoms with van der Waals surface area (Å²) in [5, 5.41) is 12.2. The topological polar surface area (TPSA) is 71.8 Å². The Bertz CT molecular complexity index is 1310. The summed E-state index contributed by atoms with van der Waals surface area (Å²) in [4.78, 5) is 13.4. The van der Waals surface area contributed by atoms with E-state index in [2.05, 4.69) is 20.9 Å². The van der Waals surface area contributed by atoms with E-state index in [1.165, 1.54) is 23.9 Å². The molecular formula is C24H19ClFN5OS. The van der Waals surface area contributed by atoms with Crippen LogP contribution in [0.2, 0.25) is 5.02 Å². The monoisotopic (exact) mass is 479 g/mol. The van der Waals surface area contributed by atoms with Crippen molar-refractivity contribution in [3.63, 3.8) is 0 Å². The number of benzene rings is 3. The number of hydrogen-bond donors (Lipinski definition) is 2. The zero-order chi connectivity index (χ0) is 22.9. The van der Waals surface area contributed by atoms with Crippen molar-refractivity contribution < 1.29 is 9.18 Å². The van der Waals surface area contributed by atoms with Gasteiger partial charge in [-0.3, -0.25) is 4.79 Å². The van der Waals surface area contributed by atoms with E-state index in [-0.39, 0.29) is 11.7 Å². The number of amides is 1. The molecule has 2 N–H and O–H groups in total. The first-order valence-electron chi connectivity index (χ1n) is 10.3. The second-order valence-electron chi connectivity index (χ2n) is 7.61. The second kappa shape index (κ2) is 8.88. The molecule has 0 unspecified atom stereocenters. The standard InChI is InChI=1S/C24H19ClFN5OS/c1-14-18(25)8-5-9-19(14)27-23(32)21-20(15-10-12-17(26)13-11-15)30-31-22(28-29-24(31)33-21)16-6-3-2-4-7-16/h2-13,20-21,30H,1H3,(H,27,32)/t20-,21+/m0/s1. The van der Waals surface area contributed by atoms with Crippen LogP contribution in [0.3, 0.4) is 0 Å². The fourth-order valence-electron chi connectivity index (χ4n) is 3.70. The fraction of sp³-hybridized carbons (Fsp3) is 0.125. The van der Waals surface area contributed by atoms with Gasteiger partial charge in [0.1, 0.15) is 11.1 Å². The quantitative estimate of drug-likeness (QED) is 0.407. The molecule has 1 aromatic heterocycles. The molecule has 1 amide bonds. The Morgan fingerprint density at radius 1 is 1.06 bits per heavy atom. The zero-order valence-corrected chi connectivity index (χ0v) is 19.1. The van der Waals surface area contributed by atoms with Crippen LogP contribution in [-0.4, -0.2) is 26.0 Å². The largest absolute Gasteiger partial charge is 0.325 e. The minimum Gasteiger partial charge on any atom is -0.325 e. The molecule has 3 aromatic carbocycles. The summed E-state index contributed by atoms with van der Waals surface area (Å²) in [6, 6.07) is 20.7. The number of nitrogens with one attached hydrogen (secondary N) is 2. The van der Waals surface area contributed by atoms with E-state index < -0.39 is 11.3 Å². The third kappa shape index (κ3) is 4.19. The van der Waals surface area contributed by atoms with Crippen LogP contribution in [0.25, 0.3) is 11.4 Å². The van der Waals surface area contributed by atoms with Gasteiger partial charge in [-0.2, -0.15) is 0 Å². The maximum atomic E-state index is 13.6. The zero-order valence-electron chi connectivity index (χ0n) is 17.5. The molecule has 0 spiro atoms. The number of halogens is 2. The summed E-state index contributed by atoms with van der Waals surface area (Å²) in [6.07, 6.45) is 0. The summed E-state index contributed by atoms with van der Waals surface area (Å²) in [7, 11) is 0. The highest BCUT2D eigenvalue weighted by molar-refractivity contribution is 8.00. The number of carbonyl (C=O) groups excluding carboxylic acids is 1. The Balaban J connectivity index is 1.52. The predicted molar refractivity (Wildman–Crippen MR) is 128 cm³/mol. The molecule has 1 aliphatic heterocycles. The van der Waals surface area contributed by atoms with Crippen molar-refractivity contribution in [2.75, 3.05) is 10.7 Å². The highest BCUT2D eigenvalue weighted by Crippen LogP contribution is 2.39. The minimum absolute atomic E-state index is 0.220. The van der Waals surface area contributed by atoms with Crippen molar-refractivity contribution in [1.29, 1.82) is 0 Å². The van der Waals surface area contributed by atoms with Crippen LogP contribution in [0, 0.1) is 12.7 Å². The van der Waals surface area contributed by atoms with Gasteiger partial charge in [-0.05, 0) is 42.3 Å². The molecule has 2 heterocycles. The van der Waals surface area contributed by atoms with E-state index in [0.717, 1.165) is 16.7 Å². The highest BCUT2D eigenvalue weighted by atomic mass is 35.5. The van der Waals surface area contributed by atoms with Crippen LogP contribution in [0.5, 0.6) is 0 Å². The summed E-state index contributed by atoms with van der Waals surface area (Å²) in [6.45, 7) is 1.85. The molecule has 2 atom stereocenters. The minimum atomic E-state index is -0.589. The van der Waals surface area contributed by atoms with Crippen molar-refractivity contribution in [3.8, 4) is 11.4 Å². The first-order valence-corrected chi connectivity index (χ1v) is 11.5. The maximum absolute atomic E-state index is 13.6. The summed E-state index contributed by atoms with van der Waals surface area (Å²) in [5.41, 5.74) is 6.47. The lowest BCUT2D eigenvalue weighted by atomic mass is 10.0. The molecule has 0 fully saturated rings. The lowest BCUT2D eigenvalue weighted by Gasteiger charge is -2.33. The van der Waals surface area contributed by atoms with Gasteiger partial charge in [-0.1, -0.05) is 71.9 Å². The number of nitrogens with zero attached hydrogens (tertiary/aromatic N) is 3. The van der Waals surface area contributed by atoms with E-state index in [4.69, 9.17) is 11.6 Å². The third-order valence-corrected chi connectivity index (χ3v) is 7.11. The Hall–Kier alpha value is -3.36. The first-order chi connectivity index (χ1) is 16.0. The predicted octanol–water partition coefficient (Wildman–Crippen LogP) is 5.44. The molecule has 5 rings (SSSR count). The first kappa shape index (κ1) is 21.5. The number of thioether (sulfide) groups is 1. The molecule has 0 saturated heterocycles. The van der Waals surface area contributed by atoms with E-state index in [0.29, 0.717) is 21.7 Å². The van der Waals surface area contributed by atoms with Crippen molar-refractivity contribution in [2.24, 2.45) is 0 Å². The molecule has 9 heteroatoms. The third-order valence-electron chi connectivity index (χ3n) is 5.48. The van der Waals surface area contributed by atoms with E-state index in [1.807, 2.05) is 43.3 Å². The van der Waals surface area contributed by atoms with Crippen LogP contribution in [-0.2, 0) is 4.79 Å². The Kier molecular flexibility index (Phi) is 5.78. The average molecular weight is 480 g/mol. The van der Waals surface area contributed by atoms with Gasteiger partial charge in [0.05, 0.1) is 6.04 Å². The van der Waals surface area contributed by atoms with Gasteiger partial charge in [-0.15, -0.1) is 10.2 Å². The molecule has 0 radical (unpaired) electrons. The lowest BCUT2D eigenvalue weighted by Crippen LogP contribution is -2.41. The number of hydrogen-bond acceptors (Lipinski definition) is 5. The Labute approximate surface area is 199 Å². The summed E-state index contributed by atoms with van der Waals surface area (Å²) >= 11 is 7.53. The summed E-state index contributed by atoms with van der Waals surface area (Å²) in [5.74, 6) is 0.0742. The maximum Gasteiger partial charge on any atom is 0.240 e. The number of rotatable bonds is 4. The molecule has 4 aromatic rings. The van der Waals surface area contributed by atoms with Crippen LogP contribution in [0.1, 0.15) is 17.2 Å². The smallest absolute Gasteiger partial charge is 0.240 e. The van der Waals surface area contributed by atoms with E-state index in [9.17, 15) is 9.18 Å². The molecule has 33 heavy (non-hydrogen) atoms. The molecule has 0 bridgehead atoms. The average Bonchev–Trinajstić information content (AvgIpc) is 3.25. The molecule has 0 saturated carbocycles. The van der Waals surface area contributed by atoms with Crippen molar-refractivity contribution in [3.05, 3.63) is 94.8 Å². The van der Waals surface area contributed by atoms with E-state index >= 15 is 0 Å². The Morgan fingerprint density at radius 3 is 2.58 bits per heavy atom. The number of carbonyl (C=O) groups is 1. The molecule has 166 valence electrons. The van der Waals surface area contributed by atoms with Gasteiger partial charge in [0.15, 0.2) is 5.82 Å². The Morgan fingerprint density at radius 2 is 1.82 bits per heavy atom. The number of aromatic nitrogens is 3. The van der Waals surface area contributed by atoms with Gasteiger partial charge in [0, 0.05) is 16.3 Å². The normalized spacial score (nSPS) is 17.2. The second-order valence-corrected chi connectivity index (χ2v) is 9.12. The number of anilines is 1. The van der Waals surface area contributed by atoms with Gasteiger partial charge < -0.3 is 10.7 Å². The van der Waals surface area contributed by atoms with Gasteiger partial charge in [0.2, 0.25) is 11.1 Å². The van der Waals surface area contributed by atoms with Crippen molar-refractivity contribution >= 4 is 35.0 Å². The van der Waals surface area contributed by atoms with Crippen LogP contribution >= 0.6 is 23.4 Å². The SMILES string of the molecule is Cc1c(Cl)cccc1NC(=O)[C@@H]1Sc2nnc(-c3ccccc3)n2N[C@H]1c1ccc(F)cc1. The van der Waals surface area contributed by atoms with Crippen molar-refractivity contribution in [2.45, 2.75) is 23.4 Å². The van der Waals surface area contributed by atoms with E-state index in [1.54, 1.807) is 28.9 Å². The molecule has 1 aliphatic rings. The highest BCUT2D eigenvalue weighted by Gasteiger charge is 2.38. The van der Waals surface area contributed by atoms with Gasteiger partial charge >= 0.3 is 0 Å². The van der Waals surface area contributed by atoms with Crippen LogP contribution in [0.4, 0.5) is 10.1 Å². The van der Waals surface area contributed by atoms with Crippen LogP contribution < -0.4 is 10.7 Å². The van der Waals surface area contributed by atoms with Gasteiger partial charge in [-0.25, -0.2) is 9.07 Å². The van der Waals surface area contributed by atoms with Crippen LogP contribution in [0.15, 0.2) is 78.0 Å².